The fourth-order valence-electron chi connectivity index (χ4n) is 3.87. The molecule has 1 N–H and O–H groups in total. The number of unbranched alkanes of at least 4 members (excludes halogenated alkanes) is 5. The van der Waals surface area contributed by atoms with Gasteiger partial charge < -0.3 is 14.6 Å². The van der Waals surface area contributed by atoms with Crippen molar-refractivity contribution in [2.24, 2.45) is 5.92 Å². The summed E-state index contributed by atoms with van der Waals surface area (Å²) in [4.78, 5) is 10.9. The largest absolute Gasteiger partial charge is 0.478 e. The van der Waals surface area contributed by atoms with Gasteiger partial charge in [-0.3, -0.25) is 0 Å². The Balaban J connectivity index is 1.53. The zero-order valence-electron chi connectivity index (χ0n) is 17.9. The van der Waals surface area contributed by atoms with Gasteiger partial charge in [-0.1, -0.05) is 75.8 Å². The van der Waals surface area contributed by atoms with Crippen LogP contribution >= 0.6 is 0 Å². The fraction of sp³-hybridized carbons (Fsp3) is 0.480. The summed E-state index contributed by atoms with van der Waals surface area (Å²) in [6.45, 7) is 3.52. The molecule has 2 aromatic carbocycles. The van der Waals surface area contributed by atoms with Crippen molar-refractivity contribution in [3.05, 3.63) is 59.2 Å². The normalized spacial score (nSPS) is 18.8. The average molecular weight is 433 g/mol. The first-order chi connectivity index (χ1) is 15.0. The Kier molecular flexibility index (Phi) is 8.55. The number of rotatable bonds is 10. The van der Waals surface area contributed by atoms with Crippen molar-refractivity contribution in [1.29, 1.82) is 0 Å². The van der Waals surface area contributed by atoms with E-state index in [4.69, 9.17) is 14.6 Å². The van der Waals surface area contributed by atoms with Crippen LogP contribution in [0.25, 0.3) is 11.1 Å². The lowest BCUT2D eigenvalue weighted by atomic mass is 10.00. The number of hydrogen-bond acceptors (Lipinski definition) is 3. The van der Waals surface area contributed by atoms with E-state index in [2.05, 4.69) is 6.92 Å². The Morgan fingerprint density at radius 3 is 2.23 bits per heavy atom. The third-order valence-corrected chi connectivity index (χ3v) is 5.74. The molecule has 0 atom stereocenters. The van der Waals surface area contributed by atoms with E-state index < -0.39 is 29.5 Å². The Morgan fingerprint density at radius 2 is 1.58 bits per heavy atom. The fourth-order valence-corrected chi connectivity index (χ4v) is 3.87. The topological polar surface area (TPSA) is 55.8 Å². The zero-order valence-corrected chi connectivity index (χ0v) is 17.9. The molecule has 4 nitrogen and oxygen atoms in total. The van der Waals surface area contributed by atoms with Crippen molar-refractivity contribution in [2.75, 3.05) is 13.2 Å². The maximum absolute atomic E-state index is 14.3. The van der Waals surface area contributed by atoms with E-state index in [0.717, 1.165) is 18.1 Å². The van der Waals surface area contributed by atoms with Gasteiger partial charge in [-0.2, -0.15) is 0 Å². The minimum Gasteiger partial charge on any atom is -0.478 e. The lowest BCUT2D eigenvalue weighted by Crippen LogP contribution is -2.27. The highest BCUT2D eigenvalue weighted by molar-refractivity contribution is 5.88. The number of ether oxygens (including phenoxy) is 2. The molecule has 3 rings (SSSR count). The minimum atomic E-state index is -1.50. The monoisotopic (exact) mass is 432 g/mol. The summed E-state index contributed by atoms with van der Waals surface area (Å²) in [5, 5.41) is 8.91. The van der Waals surface area contributed by atoms with Crippen LogP contribution in [0.1, 0.15) is 74.1 Å². The van der Waals surface area contributed by atoms with Crippen LogP contribution < -0.4 is 0 Å². The molecule has 0 spiro atoms. The summed E-state index contributed by atoms with van der Waals surface area (Å²) >= 11 is 0. The number of benzene rings is 2. The Labute approximate surface area is 182 Å². The molecule has 31 heavy (non-hydrogen) atoms. The molecule has 168 valence electrons. The quantitative estimate of drug-likeness (QED) is 0.422. The van der Waals surface area contributed by atoms with E-state index in [1.807, 2.05) is 0 Å². The number of carbonyl (C=O) groups is 1. The molecule has 2 aromatic rings. The first-order valence-corrected chi connectivity index (χ1v) is 11.1. The lowest BCUT2D eigenvalue weighted by Gasteiger charge is -2.29. The van der Waals surface area contributed by atoms with Crippen LogP contribution in [0, 0.1) is 17.6 Å². The molecule has 1 aliphatic rings. The summed E-state index contributed by atoms with van der Waals surface area (Å²) in [6, 6.07) is 9.18. The first-order valence-electron chi connectivity index (χ1n) is 11.1. The molecule has 0 saturated carbocycles. The molecular weight excluding hydrogens is 402 g/mol. The zero-order chi connectivity index (χ0) is 22.2. The van der Waals surface area contributed by atoms with Crippen LogP contribution in [0.5, 0.6) is 0 Å². The Morgan fingerprint density at radius 1 is 0.935 bits per heavy atom. The molecule has 0 unspecified atom stereocenters. The Bertz CT molecular complexity index is 859. The van der Waals surface area contributed by atoms with Crippen molar-refractivity contribution >= 4 is 5.97 Å². The summed E-state index contributed by atoms with van der Waals surface area (Å²) in [6.07, 6.45) is 8.27. The van der Waals surface area contributed by atoms with Crippen molar-refractivity contribution < 1.29 is 28.2 Å². The van der Waals surface area contributed by atoms with E-state index in [1.54, 1.807) is 24.3 Å². The average Bonchev–Trinajstić information content (AvgIpc) is 2.78. The molecule has 0 aromatic heterocycles. The molecule has 0 amide bonds. The van der Waals surface area contributed by atoms with Crippen LogP contribution in [0.4, 0.5) is 8.78 Å². The van der Waals surface area contributed by atoms with Gasteiger partial charge in [-0.05, 0) is 18.1 Å². The van der Waals surface area contributed by atoms with E-state index in [1.165, 1.54) is 44.6 Å². The van der Waals surface area contributed by atoms with Crippen LogP contribution in [-0.2, 0) is 9.47 Å². The van der Waals surface area contributed by atoms with Crippen molar-refractivity contribution in [3.63, 3.8) is 0 Å². The second-order valence-electron chi connectivity index (χ2n) is 8.14. The van der Waals surface area contributed by atoms with Crippen LogP contribution in [0.3, 0.4) is 0 Å². The van der Waals surface area contributed by atoms with E-state index in [-0.39, 0.29) is 5.56 Å². The van der Waals surface area contributed by atoms with Gasteiger partial charge in [0.05, 0.1) is 18.8 Å². The van der Waals surface area contributed by atoms with E-state index in [9.17, 15) is 13.6 Å². The third kappa shape index (κ3) is 6.11. The van der Waals surface area contributed by atoms with E-state index in [0.29, 0.717) is 24.7 Å². The molecule has 1 heterocycles. The molecule has 6 heteroatoms. The second-order valence-corrected chi connectivity index (χ2v) is 8.14. The Hall–Kier alpha value is -2.31. The number of hydrogen-bond donors (Lipinski definition) is 1. The van der Waals surface area contributed by atoms with Gasteiger partial charge in [0.1, 0.15) is 0 Å². The summed E-state index contributed by atoms with van der Waals surface area (Å²) in [5.74, 6) is -3.62. The molecule has 1 aliphatic heterocycles. The lowest BCUT2D eigenvalue weighted by molar-refractivity contribution is -0.206. The van der Waals surface area contributed by atoms with Crippen LogP contribution in [0.15, 0.2) is 36.4 Å². The molecule has 0 aliphatic carbocycles. The minimum absolute atomic E-state index is 0.0125. The van der Waals surface area contributed by atoms with Crippen molar-refractivity contribution in [1.82, 2.24) is 0 Å². The van der Waals surface area contributed by atoms with Crippen molar-refractivity contribution in [2.45, 2.75) is 58.2 Å². The second kappa shape index (κ2) is 11.3. The maximum atomic E-state index is 14.3. The summed E-state index contributed by atoms with van der Waals surface area (Å²) in [5.41, 5.74) is 0.592. The highest BCUT2D eigenvalue weighted by atomic mass is 19.2. The SMILES string of the molecule is CCCCCCCCC1COC(c2ccc(-c3ccc(C(=O)O)c(F)c3F)cc2)OC1. The standard InChI is InChI=1S/C25H30F2O4/c1-2-3-4-5-6-7-8-17-15-30-25(31-16-17)19-11-9-18(10-12-19)20-13-14-21(24(28)29)23(27)22(20)26/h9-14,17,25H,2-8,15-16H2,1H3,(H,28,29). The first kappa shape index (κ1) is 23.4. The predicted molar refractivity (Wildman–Crippen MR) is 115 cm³/mol. The summed E-state index contributed by atoms with van der Waals surface area (Å²) < 4.78 is 40.0. The van der Waals surface area contributed by atoms with Gasteiger partial charge in [0.15, 0.2) is 17.9 Å². The number of carboxylic acid groups (broad SMARTS) is 1. The van der Waals surface area contributed by atoms with Gasteiger partial charge >= 0.3 is 5.97 Å². The molecular formula is C25H30F2O4. The highest BCUT2D eigenvalue weighted by Crippen LogP contribution is 2.31. The van der Waals surface area contributed by atoms with Gasteiger partial charge in [-0.25, -0.2) is 13.6 Å². The van der Waals surface area contributed by atoms with Gasteiger partial charge in [0.2, 0.25) is 0 Å². The number of aromatic carboxylic acids is 1. The predicted octanol–water partition coefficient (Wildman–Crippen LogP) is 6.74. The van der Waals surface area contributed by atoms with Gasteiger partial charge in [-0.15, -0.1) is 0 Å². The maximum Gasteiger partial charge on any atom is 0.338 e. The number of halogens is 2. The van der Waals surface area contributed by atoms with Crippen LogP contribution in [0.2, 0.25) is 0 Å². The molecule has 1 saturated heterocycles. The summed E-state index contributed by atoms with van der Waals surface area (Å²) in [7, 11) is 0. The van der Waals surface area contributed by atoms with Crippen LogP contribution in [-0.4, -0.2) is 24.3 Å². The molecule has 0 bridgehead atoms. The molecule has 1 fully saturated rings. The van der Waals surface area contributed by atoms with Crippen molar-refractivity contribution in [3.8, 4) is 11.1 Å². The van der Waals surface area contributed by atoms with E-state index >= 15 is 0 Å². The van der Waals surface area contributed by atoms with Gasteiger partial charge in [0.25, 0.3) is 0 Å². The number of carboxylic acids is 1. The smallest absolute Gasteiger partial charge is 0.338 e. The molecule has 0 radical (unpaired) electrons. The highest BCUT2D eigenvalue weighted by Gasteiger charge is 2.24. The van der Waals surface area contributed by atoms with Gasteiger partial charge in [0, 0.05) is 17.0 Å². The third-order valence-electron chi connectivity index (χ3n) is 5.74.